The minimum atomic E-state index is -4.77. The summed E-state index contributed by atoms with van der Waals surface area (Å²) in [6.07, 6.45) is -8.66. The van der Waals surface area contributed by atoms with E-state index in [9.17, 15) is 26.7 Å². The van der Waals surface area contributed by atoms with Crippen molar-refractivity contribution in [1.82, 2.24) is 14.5 Å². The monoisotopic (exact) mass is 459 g/mol. The lowest BCUT2D eigenvalue weighted by Crippen LogP contribution is -2.58. The number of primary amides is 1. The highest BCUT2D eigenvalue weighted by Crippen LogP contribution is 2.42. The van der Waals surface area contributed by atoms with Gasteiger partial charge in [0.1, 0.15) is 17.7 Å². The van der Waals surface area contributed by atoms with Crippen LogP contribution in [0.15, 0.2) is 18.2 Å². The second kappa shape index (κ2) is 8.09. The third-order valence-corrected chi connectivity index (χ3v) is 6.00. The summed E-state index contributed by atoms with van der Waals surface area (Å²) in [6, 6.07) is 0.331. The molecule has 2 aromatic rings. The molecule has 0 spiro atoms. The number of carbonyl (C=O) groups is 1. The number of alkyl halides is 3. The summed E-state index contributed by atoms with van der Waals surface area (Å²) in [6.45, 7) is 2.29. The fourth-order valence-electron chi connectivity index (χ4n) is 4.59. The van der Waals surface area contributed by atoms with Crippen LogP contribution in [-0.4, -0.2) is 44.7 Å². The van der Waals surface area contributed by atoms with Gasteiger partial charge in [-0.25, -0.2) is 13.8 Å². The van der Waals surface area contributed by atoms with E-state index < -0.39 is 48.0 Å². The standard InChI is InChI=1S/C20H22F5N5O2/c1-2-30-15-8-29(7-13(15)28-19(30)18(27)31)14-6-12(26)16(32-17(14)20(23,24)25)10-5-9(21)3-4-11(10)22/h3-5,12,14,16-17H,2,6-8,26H2,1H3,(H2,27,31)/t12-,14?,16+,17?/m0/s1. The Kier molecular flexibility index (Phi) is 5.72. The SMILES string of the molecule is CCn1c(C(N)=O)nc2c1CN(C1C[C@H](N)[C@@H](c3cc(F)ccc3F)OC1C(F)(F)F)C2. The Morgan fingerprint density at radius 3 is 2.62 bits per heavy atom. The highest BCUT2D eigenvalue weighted by Gasteiger charge is 2.54. The molecule has 0 bridgehead atoms. The molecule has 0 radical (unpaired) electrons. The predicted molar refractivity (Wildman–Crippen MR) is 102 cm³/mol. The highest BCUT2D eigenvalue weighted by atomic mass is 19.4. The van der Waals surface area contributed by atoms with Crippen LogP contribution in [-0.2, 0) is 24.4 Å². The Bertz CT molecular complexity index is 1040. The van der Waals surface area contributed by atoms with Crippen molar-refractivity contribution in [2.75, 3.05) is 0 Å². The number of imidazole rings is 1. The maximum atomic E-state index is 14.2. The molecule has 1 saturated heterocycles. The van der Waals surface area contributed by atoms with Crippen LogP contribution in [0.1, 0.15) is 47.0 Å². The van der Waals surface area contributed by atoms with Crippen LogP contribution < -0.4 is 11.5 Å². The van der Waals surface area contributed by atoms with Crippen LogP contribution in [0.4, 0.5) is 22.0 Å². The smallest absolute Gasteiger partial charge is 0.363 e. The van der Waals surface area contributed by atoms with E-state index in [1.807, 2.05) is 0 Å². The van der Waals surface area contributed by atoms with E-state index in [2.05, 4.69) is 4.98 Å². The Hall–Kier alpha value is -2.57. The summed E-state index contributed by atoms with van der Waals surface area (Å²) >= 11 is 0. The van der Waals surface area contributed by atoms with E-state index in [0.717, 1.165) is 18.2 Å². The predicted octanol–water partition coefficient (Wildman–Crippen LogP) is 2.38. The number of rotatable bonds is 4. The Labute approximate surface area is 180 Å². The van der Waals surface area contributed by atoms with Crippen LogP contribution in [0.3, 0.4) is 0 Å². The van der Waals surface area contributed by atoms with Gasteiger partial charge in [-0.1, -0.05) is 0 Å². The first-order chi connectivity index (χ1) is 15.0. The van der Waals surface area contributed by atoms with E-state index in [1.54, 1.807) is 11.5 Å². The minimum Gasteiger partial charge on any atom is -0.363 e. The summed E-state index contributed by atoms with van der Waals surface area (Å²) in [5.74, 6) is -2.35. The molecule has 3 heterocycles. The molecule has 12 heteroatoms. The number of nitrogens with two attached hydrogens (primary N) is 2. The molecule has 1 aromatic heterocycles. The van der Waals surface area contributed by atoms with Gasteiger partial charge < -0.3 is 20.8 Å². The lowest BCUT2D eigenvalue weighted by atomic mass is 9.89. The highest BCUT2D eigenvalue weighted by molar-refractivity contribution is 5.89. The molecule has 0 saturated carbocycles. The summed E-state index contributed by atoms with van der Waals surface area (Å²) in [5.41, 5.74) is 12.2. The molecule has 4 atom stereocenters. The average molecular weight is 459 g/mol. The number of fused-ring (bicyclic) bond motifs is 1. The minimum absolute atomic E-state index is 0.0505. The summed E-state index contributed by atoms with van der Waals surface area (Å²) in [5, 5.41) is 0. The van der Waals surface area contributed by atoms with Gasteiger partial charge in [0.2, 0.25) is 0 Å². The second-order valence-corrected chi connectivity index (χ2v) is 7.99. The van der Waals surface area contributed by atoms with Gasteiger partial charge in [-0.05, 0) is 31.5 Å². The third-order valence-electron chi connectivity index (χ3n) is 6.00. The van der Waals surface area contributed by atoms with Gasteiger partial charge in [0.15, 0.2) is 11.9 Å². The fourth-order valence-corrected chi connectivity index (χ4v) is 4.59. The number of carbonyl (C=O) groups excluding carboxylic acids is 1. The van der Waals surface area contributed by atoms with Crippen molar-refractivity contribution in [3.05, 3.63) is 52.6 Å². The lowest BCUT2D eigenvalue weighted by Gasteiger charge is -2.44. The third kappa shape index (κ3) is 3.86. The van der Waals surface area contributed by atoms with Crippen molar-refractivity contribution in [1.29, 1.82) is 0 Å². The molecule has 32 heavy (non-hydrogen) atoms. The quantitative estimate of drug-likeness (QED) is 0.684. The maximum Gasteiger partial charge on any atom is 0.416 e. The van der Waals surface area contributed by atoms with Gasteiger partial charge in [-0.2, -0.15) is 13.2 Å². The Balaban J connectivity index is 1.63. The molecule has 1 fully saturated rings. The number of halogens is 5. The van der Waals surface area contributed by atoms with E-state index in [-0.39, 0.29) is 30.9 Å². The first kappa shape index (κ1) is 22.6. The first-order valence-electron chi connectivity index (χ1n) is 10.1. The van der Waals surface area contributed by atoms with Gasteiger partial charge >= 0.3 is 6.18 Å². The van der Waals surface area contributed by atoms with E-state index in [1.165, 1.54) is 4.90 Å². The second-order valence-electron chi connectivity index (χ2n) is 7.99. The number of aromatic nitrogens is 2. The van der Waals surface area contributed by atoms with Crippen molar-refractivity contribution in [3.63, 3.8) is 0 Å². The van der Waals surface area contributed by atoms with Gasteiger partial charge in [-0.3, -0.25) is 9.69 Å². The average Bonchev–Trinajstić information content (AvgIpc) is 3.26. The van der Waals surface area contributed by atoms with Crippen molar-refractivity contribution in [2.24, 2.45) is 11.5 Å². The van der Waals surface area contributed by atoms with Gasteiger partial charge in [0, 0.05) is 37.3 Å². The molecule has 7 nitrogen and oxygen atoms in total. The molecule has 2 aliphatic heterocycles. The van der Waals surface area contributed by atoms with Crippen LogP contribution in [0.5, 0.6) is 0 Å². The van der Waals surface area contributed by atoms with Crippen LogP contribution in [0.25, 0.3) is 0 Å². The van der Waals surface area contributed by atoms with Crippen molar-refractivity contribution in [2.45, 2.75) is 63.4 Å². The molecule has 2 unspecified atom stereocenters. The molecule has 4 N–H and O–H groups in total. The van der Waals surface area contributed by atoms with Crippen molar-refractivity contribution < 1.29 is 31.5 Å². The number of nitrogens with zero attached hydrogens (tertiary/aromatic N) is 3. The zero-order valence-electron chi connectivity index (χ0n) is 17.1. The molecule has 1 aromatic carbocycles. The molecule has 0 aliphatic carbocycles. The largest absolute Gasteiger partial charge is 0.416 e. The fraction of sp³-hybridized carbons (Fsp3) is 0.500. The number of hydrogen-bond acceptors (Lipinski definition) is 5. The van der Waals surface area contributed by atoms with Gasteiger partial charge in [0.05, 0.1) is 11.4 Å². The van der Waals surface area contributed by atoms with Crippen LogP contribution in [0, 0.1) is 11.6 Å². The molecule has 174 valence electrons. The van der Waals surface area contributed by atoms with Crippen molar-refractivity contribution >= 4 is 5.91 Å². The van der Waals surface area contributed by atoms with Gasteiger partial charge in [-0.15, -0.1) is 0 Å². The zero-order valence-corrected chi connectivity index (χ0v) is 17.1. The Morgan fingerprint density at radius 2 is 2.00 bits per heavy atom. The zero-order chi connectivity index (χ0) is 23.4. The van der Waals surface area contributed by atoms with Crippen LogP contribution in [0.2, 0.25) is 0 Å². The molecule has 2 aliphatic rings. The number of benzene rings is 1. The van der Waals surface area contributed by atoms with E-state index in [0.29, 0.717) is 17.9 Å². The topological polar surface area (TPSA) is 99.4 Å². The molecular weight excluding hydrogens is 437 g/mol. The summed E-state index contributed by atoms with van der Waals surface area (Å²) < 4.78 is 76.6. The van der Waals surface area contributed by atoms with Crippen molar-refractivity contribution in [3.8, 4) is 0 Å². The number of ether oxygens (including phenoxy) is 1. The number of hydrogen-bond donors (Lipinski definition) is 2. The number of amides is 1. The summed E-state index contributed by atoms with van der Waals surface area (Å²) in [4.78, 5) is 17.3. The van der Waals surface area contributed by atoms with E-state index in [4.69, 9.17) is 16.2 Å². The molecule has 1 amide bonds. The maximum absolute atomic E-state index is 14.2. The summed E-state index contributed by atoms with van der Waals surface area (Å²) in [7, 11) is 0. The lowest BCUT2D eigenvalue weighted by molar-refractivity contribution is -0.269. The molecular formula is C20H22F5N5O2. The normalized spacial score (nSPS) is 26.3. The van der Waals surface area contributed by atoms with Gasteiger partial charge in [0.25, 0.3) is 5.91 Å². The Morgan fingerprint density at radius 1 is 1.28 bits per heavy atom. The first-order valence-corrected chi connectivity index (χ1v) is 10.1. The van der Waals surface area contributed by atoms with Crippen LogP contribution >= 0.6 is 0 Å². The molecule has 4 rings (SSSR count). The van der Waals surface area contributed by atoms with E-state index >= 15 is 0 Å².